The van der Waals surface area contributed by atoms with Gasteiger partial charge < -0.3 is 20.4 Å². The summed E-state index contributed by atoms with van der Waals surface area (Å²) in [5, 5.41) is 38.4. The van der Waals surface area contributed by atoms with Crippen LogP contribution >= 0.6 is 0 Å². The summed E-state index contributed by atoms with van der Waals surface area (Å²) >= 11 is 0. The maximum absolute atomic E-state index is 10.6. The molecule has 0 saturated carbocycles. The predicted octanol–water partition coefficient (Wildman–Crippen LogP) is 1.02. The van der Waals surface area contributed by atoms with Gasteiger partial charge in [0.25, 0.3) is 0 Å². The molecular weight excluding hydrogens is 236 g/mol. The highest BCUT2D eigenvalue weighted by Crippen LogP contribution is 2.25. The lowest BCUT2D eigenvalue weighted by Crippen LogP contribution is -2.27. The topological polar surface area (TPSA) is 98.0 Å². The Bertz CT molecular complexity index is 593. The van der Waals surface area contributed by atoms with Gasteiger partial charge in [0.05, 0.1) is 0 Å². The summed E-state index contributed by atoms with van der Waals surface area (Å²) in [5.74, 6) is -1.41. The van der Waals surface area contributed by atoms with E-state index in [1.54, 1.807) is 12.1 Å². The zero-order valence-corrected chi connectivity index (χ0v) is 9.32. The third-order valence-electron chi connectivity index (χ3n) is 2.74. The molecule has 0 radical (unpaired) electrons. The number of rotatable bonds is 3. The molecule has 0 aromatic heterocycles. The molecule has 94 valence electrons. The largest absolute Gasteiger partial charge is 0.508 e. The van der Waals surface area contributed by atoms with E-state index in [4.69, 9.17) is 5.11 Å². The molecule has 0 fully saturated rings. The second-order valence-corrected chi connectivity index (χ2v) is 4.02. The number of phenolic OH excluding ortho intramolecular Hbond substituents is 1. The minimum absolute atomic E-state index is 0.0768. The van der Waals surface area contributed by atoms with E-state index in [9.17, 15) is 20.1 Å². The summed E-state index contributed by atoms with van der Waals surface area (Å²) in [6.07, 6.45) is -3.38. The van der Waals surface area contributed by atoms with Crippen LogP contribution in [0.25, 0.3) is 10.8 Å². The van der Waals surface area contributed by atoms with Gasteiger partial charge in [-0.1, -0.05) is 18.2 Å². The zero-order chi connectivity index (χ0) is 13.3. The highest BCUT2D eigenvalue weighted by atomic mass is 16.4. The lowest BCUT2D eigenvalue weighted by Gasteiger charge is -2.14. The number of benzene rings is 2. The standard InChI is InChI=1S/C13H12O5/c14-10-4-3-7-1-2-8(5-9(7)6-10)11(15)12(16)13(17)18/h1-6,11-12,14-16H,(H,17,18). The molecule has 5 heteroatoms. The van der Waals surface area contributed by atoms with Crippen LogP contribution < -0.4 is 0 Å². The maximum atomic E-state index is 10.6. The molecule has 5 nitrogen and oxygen atoms in total. The molecule has 2 aromatic carbocycles. The van der Waals surface area contributed by atoms with Gasteiger partial charge in [-0.05, 0) is 34.5 Å². The molecule has 4 N–H and O–H groups in total. The van der Waals surface area contributed by atoms with Crippen LogP contribution in [-0.2, 0) is 4.79 Å². The van der Waals surface area contributed by atoms with Gasteiger partial charge in [-0.3, -0.25) is 0 Å². The van der Waals surface area contributed by atoms with E-state index >= 15 is 0 Å². The number of aliphatic carboxylic acids is 1. The Morgan fingerprint density at radius 3 is 2.33 bits per heavy atom. The number of carboxylic acids is 1. The Morgan fingerprint density at radius 1 is 1.00 bits per heavy atom. The molecule has 0 aliphatic rings. The van der Waals surface area contributed by atoms with Crippen molar-refractivity contribution >= 4 is 16.7 Å². The van der Waals surface area contributed by atoms with Crippen molar-refractivity contribution in [2.24, 2.45) is 0 Å². The number of carboxylic acid groups (broad SMARTS) is 1. The van der Waals surface area contributed by atoms with Gasteiger partial charge in [0.15, 0.2) is 6.10 Å². The van der Waals surface area contributed by atoms with Crippen LogP contribution in [0.3, 0.4) is 0 Å². The third kappa shape index (κ3) is 2.27. The van der Waals surface area contributed by atoms with Crippen molar-refractivity contribution in [3.8, 4) is 5.75 Å². The van der Waals surface area contributed by atoms with E-state index in [1.807, 2.05) is 0 Å². The van der Waals surface area contributed by atoms with Gasteiger partial charge in [-0.2, -0.15) is 0 Å². The van der Waals surface area contributed by atoms with Crippen LogP contribution in [0, 0.1) is 0 Å². The van der Waals surface area contributed by atoms with Crippen LogP contribution in [0.5, 0.6) is 5.75 Å². The molecule has 0 spiro atoms. The normalized spacial score (nSPS) is 14.3. The first-order valence-corrected chi connectivity index (χ1v) is 5.30. The number of carbonyl (C=O) groups is 1. The van der Waals surface area contributed by atoms with Crippen molar-refractivity contribution in [2.75, 3.05) is 0 Å². The lowest BCUT2D eigenvalue weighted by molar-refractivity contribution is -0.153. The van der Waals surface area contributed by atoms with Crippen molar-refractivity contribution in [3.05, 3.63) is 42.0 Å². The summed E-state index contributed by atoms with van der Waals surface area (Å²) in [4.78, 5) is 10.6. The van der Waals surface area contributed by atoms with Crippen molar-refractivity contribution in [2.45, 2.75) is 12.2 Å². The van der Waals surface area contributed by atoms with E-state index in [0.717, 1.165) is 5.39 Å². The van der Waals surface area contributed by atoms with Gasteiger partial charge in [0.2, 0.25) is 0 Å². The van der Waals surface area contributed by atoms with Crippen LogP contribution in [0.15, 0.2) is 36.4 Å². The van der Waals surface area contributed by atoms with E-state index in [-0.39, 0.29) is 11.3 Å². The number of aliphatic hydroxyl groups excluding tert-OH is 2. The molecule has 2 rings (SSSR count). The number of fused-ring (bicyclic) bond motifs is 1. The summed E-state index contributed by atoms with van der Waals surface area (Å²) in [6.45, 7) is 0. The van der Waals surface area contributed by atoms with Crippen LogP contribution in [0.1, 0.15) is 11.7 Å². The molecule has 0 amide bonds. The first-order chi connectivity index (χ1) is 8.49. The van der Waals surface area contributed by atoms with Gasteiger partial charge in [0, 0.05) is 0 Å². The molecule has 2 unspecified atom stereocenters. The molecule has 0 aliphatic carbocycles. The summed E-state index contributed by atoms with van der Waals surface area (Å²) < 4.78 is 0. The van der Waals surface area contributed by atoms with E-state index in [0.29, 0.717) is 5.39 Å². The quantitative estimate of drug-likeness (QED) is 0.650. The summed E-state index contributed by atoms with van der Waals surface area (Å²) in [5.41, 5.74) is 0.281. The molecular formula is C13H12O5. The highest BCUT2D eigenvalue weighted by Gasteiger charge is 2.25. The van der Waals surface area contributed by atoms with Crippen molar-refractivity contribution < 1.29 is 25.2 Å². The molecule has 0 aliphatic heterocycles. The Hall–Kier alpha value is -2.11. The number of hydrogen-bond acceptors (Lipinski definition) is 4. The predicted molar refractivity (Wildman–Crippen MR) is 64.2 cm³/mol. The van der Waals surface area contributed by atoms with Crippen LogP contribution in [0.2, 0.25) is 0 Å². The zero-order valence-electron chi connectivity index (χ0n) is 9.32. The third-order valence-corrected chi connectivity index (χ3v) is 2.74. The van der Waals surface area contributed by atoms with Crippen LogP contribution in [-0.4, -0.2) is 32.5 Å². The van der Waals surface area contributed by atoms with Gasteiger partial charge in [0.1, 0.15) is 11.9 Å². The number of hydrogen-bond donors (Lipinski definition) is 4. The summed E-state index contributed by atoms with van der Waals surface area (Å²) in [6, 6.07) is 9.49. The van der Waals surface area contributed by atoms with Gasteiger partial charge >= 0.3 is 5.97 Å². The number of aromatic hydroxyl groups is 1. The molecule has 2 aromatic rings. The average Bonchev–Trinajstić information content (AvgIpc) is 2.35. The van der Waals surface area contributed by atoms with Crippen LogP contribution in [0.4, 0.5) is 0 Å². The first-order valence-electron chi connectivity index (χ1n) is 5.30. The fourth-order valence-electron chi connectivity index (χ4n) is 1.75. The van der Waals surface area contributed by atoms with E-state index in [1.165, 1.54) is 24.3 Å². The molecule has 0 heterocycles. The second-order valence-electron chi connectivity index (χ2n) is 4.02. The molecule has 2 atom stereocenters. The molecule has 0 saturated heterocycles. The fourth-order valence-corrected chi connectivity index (χ4v) is 1.75. The lowest BCUT2D eigenvalue weighted by atomic mass is 10.0. The van der Waals surface area contributed by atoms with E-state index < -0.39 is 18.2 Å². The van der Waals surface area contributed by atoms with Crippen molar-refractivity contribution in [1.82, 2.24) is 0 Å². The van der Waals surface area contributed by atoms with Gasteiger partial charge in [-0.15, -0.1) is 0 Å². The molecule has 0 bridgehead atoms. The SMILES string of the molecule is O=C(O)C(O)C(O)c1ccc2ccc(O)cc2c1. The molecule has 18 heavy (non-hydrogen) atoms. The fraction of sp³-hybridized carbons (Fsp3) is 0.154. The Labute approximate surface area is 103 Å². The number of aliphatic hydroxyl groups is 2. The minimum Gasteiger partial charge on any atom is -0.508 e. The number of phenols is 1. The summed E-state index contributed by atoms with van der Waals surface area (Å²) in [7, 11) is 0. The van der Waals surface area contributed by atoms with Crippen molar-refractivity contribution in [3.63, 3.8) is 0 Å². The maximum Gasteiger partial charge on any atom is 0.335 e. The average molecular weight is 248 g/mol. The smallest absolute Gasteiger partial charge is 0.335 e. The Morgan fingerprint density at radius 2 is 1.67 bits per heavy atom. The van der Waals surface area contributed by atoms with Crippen molar-refractivity contribution in [1.29, 1.82) is 0 Å². The first kappa shape index (κ1) is 12.3. The monoisotopic (exact) mass is 248 g/mol. The second kappa shape index (κ2) is 4.64. The Balaban J connectivity index is 2.43. The van der Waals surface area contributed by atoms with E-state index in [2.05, 4.69) is 0 Å². The van der Waals surface area contributed by atoms with Gasteiger partial charge in [-0.25, -0.2) is 4.79 Å². The Kier molecular flexibility index (Phi) is 3.18. The highest BCUT2D eigenvalue weighted by molar-refractivity contribution is 5.84. The minimum atomic E-state index is -1.88.